The number of anilines is 1. The molecule has 0 spiro atoms. The number of ether oxygens (including phenoxy) is 1. The van der Waals surface area contributed by atoms with Gasteiger partial charge in [-0.2, -0.15) is 0 Å². The van der Waals surface area contributed by atoms with Gasteiger partial charge < -0.3 is 14.2 Å². The van der Waals surface area contributed by atoms with Gasteiger partial charge in [0.05, 0.1) is 11.9 Å². The number of nitrogens with zero attached hydrogens (tertiary/aromatic N) is 2. The van der Waals surface area contributed by atoms with Gasteiger partial charge in [-0.05, 0) is 35.4 Å². The van der Waals surface area contributed by atoms with Crippen molar-refractivity contribution in [1.29, 1.82) is 0 Å². The zero-order valence-corrected chi connectivity index (χ0v) is 19.4. The van der Waals surface area contributed by atoms with Crippen LogP contribution in [0.5, 0.6) is 5.75 Å². The third-order valence-corrected chi connectivity index (χ3v) is 5.99. The lowest BCUT2D eigenvalue weighted by molar-refractivity contribution is -0.711. The van der Waals surface area contributed by atoms with Crippen LogP contribution in [0.15, 0.2) is 83.5 Å². The van der Waals surface area contributed by atoms with Gasteiger partial charge in [0, 0.05) is 19.6 Å². The topological polar surface area (TPSA) is 121 Å². The summed E-state index contributed by atoms with van der Waals surface area (Å²) in [6.45, 7) is 0.249. The molecule has 0 saturated heterocycles. The number of phosphoric acid groups is 1. The molecular weight excluding hydrogens is 457 g/mol. The fourth-order valence-electron chi connectivity index (χ4n) is 3.25. The van der Waals surface area contributed by atoms with Crippen LogP contribution in [0.3, 0.4) is 0 Å². The van der Waals surface area contributed by atoms with Crippen molar-refractivity contribution in [2.45, 2.75) is 19.8 Å². The Morgan fingerprint density at radius 2 is 1.82 bits per heavy atom. The van der Waals surface area contributed by atoms with E-state index in [0.29, 0.717) is 30.2 Å². The number of pyridine rings is 1. The van der Waals surface area contributed by atoms with E-state index < -0.39 is 7.82 Å². The van der Waals surface area contributed by atoms with Crippen LogP contribution in [-0.4, -0.2) is 17.2 Å². The number of nitrogens with two attached hydrogens (primary N) is 1. The van der Waals surface area contributed by atoms with Gasteiger partial charge in [-0.15, -0.1) is 0 Å². The second-order valence-corrected chi connectivity index (χ2v) is 9.02. The third-order valence-electron chi connectivity index (χ3n) is 5.09. The van der Waals surface area contributed by atoms with Gasteiger partial charge in [0.15, 0.2) is 5.76 Å². The molecule has 0 aliphatic carbocycles. The molecule has 0 amide bonds. The van der Waals surface area contributed by atoms with Crippen LogP contribution in [0.1, 0.15) is 16.8 Å². The average molecular weight is 482 g/mol. The van der Waals surface area contributed by atoms with Gasteiger partial charge in [0.1, 0.15) is 17.9 Å². The first-order chi connectivity index (χ1) is 16.4. The Balaban J connectivity index is 1.40. The molecule has 2 heterocycles. The minimum Gasteiger partial charge on any atom is -0.489 e. The van der Waals surface area contributed by atoms with Crippen LogP contribution in [0.4, 0.5) is 5.82 Å². The number of hydrogen-bond acceptors (Lipinski definition) is 7. The van der Waals surface area contributed by atoms with E-state index in [1.54, 1.807) is 18.3 Å². The lowest BCUT2D eigenvalue weighted by Crippen LogP contribution is -2.38. The van der Waals surface area contributed by atoms with Crippen molar-refractivity contribution in [2.24, 2.45) is 0 Å². The molecule has 2 aromatic carbocycles. The summed E-state index contributed by atoms with van der Waals surface area (Å²) in [4.78, 5) is 9.43. The van der Waals surface area contributed by atoms with Crippen molar-refractivity contribution < 1.29 is 32.3 Å². The highest BCUT2D eigenvalue weighted by Crippen LogP contribution is 2.41. The summed E-state index contributed by atoms with van der Waals surface area (Å²) in [5.74, 6) is 1.56. The number of rotatable bonds is 10. The molecular formula is C24H25N3O6P+. The molecule has 4 rings (SSSR count). The molecule has 3 N–H and O–H groups in total. The van der Waals surface area contributed by atoms with Gasteiger partial charge in [-0.3, -0.25) is 10.3 Å². The number of nitrogen functional groups attached to an aromatic ring is 1. The van der Waals surface area contributed by atoms with E-state index in [2.05, 4.69) is 9.68 Å². The summed E-state index contributed by atoms with van der Waals surface area (Å²) in [5, 5.41) is 4.15. The summed E-state index contributed by atoms with van der Waals surface area (Å²) in [7, 11) is -3.04. The van der Waals surface area contributed by atoms with E-state index in [9.17, 15) is 9.46 Å². The van der Waals surface area contributed by atoms with Crippen molar-refractivity contribution in [2.75, 3.05) is 12.8 Å². The van der Waals surface area contributed by atoms with Crippen LogP contribution >= 0.6 is 7.82 Å². The van der Waals surface area contributed by atoms with Crippen LogP contribution in [0.2, 0.25) is 0 Å². The Morgan fingerprint density at radius 3 is 2.56 bits per heavy atom. The Hall–Kier alpha value is -3.49. The maximum absolute atomic E-state index is 11.5. The van der Waals surface area contributed by atoms with Gasteiger partial charge in [0.2, 0.25) is 6.73 Å². The van der Waals surface area contributed by atoms with Gasteiger partial charge in [-0.1, -0.05) is 47.6 Å². The molecule has 176 valence electrons. The van der Waals surface area contributed by atoms with E-state index in [4.69, 9.17) is 19.5 Å². The molecule has 0 aliphatic heterocycles. The molecule has 10 heteroatoms. The molecule has 9 nitrogen and oxygen atoms in total. The largest absolute Gasteiger partial charge is 0.489 e. The second kappa shape index (κ2) is 10.6. The lowest BCUT2D eigenvalue weighted by Gasteiger charge is -2.09. The average Bonchev–Trinajstić information content (AvgIpc) is 3.32. The molecule has 1 atom stereocenters. The Bertz CT molecular complexity index is 1280. The normalized spacial score (nSPS) is 12.9. The minimum absolute atomic E-state index is 0.263. The highest BCUT2D eigenvalue weighted by Gasteiger charge is 2.22. The summed E-state index contributed by atoms with van der Waals surface area (Å²) in [6, 6.07) is 23.1. The predicted octanol–water partition coefficient (Wildman–Crippen LogP) is 4.10. The minimum atomic E-state index is -4.13. The molecule has 1 unspecified atom stereocenters. The second-order valence-electron chi connectivity index (χ2n) is 7.46. The van der Waals surface area contributed by atoms with E-state index in [1.807, 2.05) is 60.7 Å². The van der Waals surface area contributed by atoms with Crippen LogP contribution < -0.4 is 15.0 Å². The van der Waals surface area contributed by atoms with Gasteiger partial charge >= 0.3 is 7.82 Å². The predicted molar refractivity (Wildman–Crippen MR) is 124 cm³/mol. The van der Waals surface area contributed by atoms with Crippen LogP contribution in [0, 0.1) is 0 Å². The molecule has 34 heavy (non-hydrogen) atoms. The molecule has 0 radical (unpaired) electrons. The molecule has 0 bridgehead atoms. The summed E-state index contributed by atoms with van der Waals surface area (Å²) >= 11 is 0. The number of phosphoric ester groups is 1. The first-order valence-electron chi connectivity index (χ1n) is 10.5. The first-order valence-corrected chi connectivity index (χ1v) is 12.0. The Kier molecular flexibility index (Phi) is 7.40. The lowest BCUT2D eigenvalue weighted by atomic mass is 10.1. The zero-order valence-electron chi connectivity index (χ0n) is 18.5. The Morgan fingerprint density at radius 1 is 1.06 bits per heavy atom. The van der Waals surface area contributed by atoms with Gasteiger partial charge in [-0.25, -0.2) is 13.7 Å². The monoisotopic (exact) mass is 482 g/mol. The highest BCUT2D eigenvalue weighted by molar-refractivity contribution is 7.47. The van der Waals surface area contributed by atoms with Crippen LogP contribution in [-0.2, 0) is 33.4 Å². The maximum Gasteiger partial charge on any atom is 0.475 e. The molecule has 4 aromatic rings. The smallest absolute Gasteiger partial charge is 0.475 e. The molecule has 2 aromatic heterocycles. The summed E-state index contributed by atoms with van der Waals surface area (Å²) in [6.07, 6.45) is 2.19. The quantitative estimate of drug-likeness (QED) is 0.256. The van der Waals surface area contributed by atoms with Crippen molar-refractivity contribution in [1.82, 2.24) is 5.16 Å². The third kappa shape index (κ3) is 6.09. The first kappa shape index (κ1) is 23.7. The molecule has 0 fully saturated rings. The van der Waals surface area contributed by atoms with E-state index >= 15 is 0 Å². The number of hydrogen-bond donors (Lipinski definition) is 2. The molecule has 0 saturated carbocycles. The van der Waals surface area contributed by atoms with E-state index in [-0.39, 0.29) is 6.73 Å². The Labute approximate surface area is 196 Å². The van der Waals surface area contributed by atoms with E-state index in [1.165, 1.54) is 4.57 Å². The zero-order chi connectivity index (χ0) is 24.0. The summed E-state index contributed by atoms with van der Waals surface area (Å²) < 4.78 is 33.6. The van der Waals surface area contributed by atoms with Crippen molar-refractivity contribution in [3.8, 4) is 17.1 Å². The molecule has 0 aliphatic rings. The van der Waals surface area contributed by atoms with Crippen molar-refractivity contribution in [3.05, 3.63) is 95.8 Å². The summed E-state index contributed by atoms with van der Waals surface area (Å²) in [5.41, 5.74) is 9.68. The highest BCUT2D eigenvalue weighted by atomic mass is 31.2. The fourth-order valence-corrected chi connectivity index (χ4v) is 3.62. The fraction of sp³-hybridized carbons (Fsp3) is 0.167. The maximum atomic E-state index is 11.5. The van der Waals surface area contributed by atoms with Crippen molar-refractivity contribution in [3.63, 3.8) is 0 Å². The number of aromatic nitrogens is 2. The number of benzene rings is 2. The van der Waals surface area contributed by atoms with Crippen molar-refractivity contribution >= 4 is 13.6 Å². The van der Waals surface area contributed by atoms with Crippen LogP contribution in [0.25, 0.3) is 11.3 Å². The van der Waals surface area contributed by atoms with E-state index in [0.717, 1.165) is 29.7 Å². The standard InChI is InChI=1S/C24H24N3O6P/c1-30-34(28,29)32-17-27-13-5-8-22(24(27)25)23-15-20(26-33-23)14-18-9-11-21(12-10-18)31-16-19-6-3-2-4-7-19/h2-13,15,25H,14,16-17H2,1H3,(H,28,29)/p+1. The SMILES string of the molecule is COP(=O)(O)OC[n+]1cccc(-c2cc(Cc3ccc(OCc4ccccc4)cc3)no2)c1N. The van der Waals surface area contributed by atoms with Gasteiger partial charge in [0.25, 0.3) is 5.82 Å².